The summed E-state index contributed by atoms with van der Waals surface area (Å²) < 4.78 is 5.93. The quantitative estimate of drug-likeness (QED) is 0.584. The van der Waals surface area contributed by atoms with Gasteiger partial charge in [0.25, 0.3) is 0 Å². The fourth-order valence-corrected chi connectivity index (χ4v) is 1.21. The summed E-state index contributed by atoms with van der Waals surface area (Å²) in [4.78, 5) is 26.1. The van der Waals surface area contributed by atoms with Crippen LogP contribution >= 0.6 is 11.6 Å². The molecule has 86 valence electrons. The lowest BCUT2D eigenvalue weighted by molar-refractivity contribution is -0.138. The smallest absolute Gasteiger partial charge is 0.347 e. The molecule has 16 heavy (non-hydrogen) atoms. The van der Waals surface area contributed by atoms with Crippen molar-refractivity contribution >= 4 is 17.6 Å². The zero-order valence-electron chi connectivity index (χ0n) is 8.77. The fourth-order valence-electron chi connectivity index (χ4n) is 1.05. The molecule has 1 aromatic heterocycles. The number of nitrogens with zero attached hydrogens (tertiary/aromatic N) is 2. The lowest BCUT2D eigenvalue weighted by Gasteiger charge is -2.07. The second-order valence-corrected chi connectivity index (χ2v) is 3.44. The minimum atomic E-state index is -0.533. The molecule has 0 aliphatic carbocycles. The number of ether oxygens (including phenoxy) is 1. The van der Waals surface area contributed by atoms with E-state index in [0.717, 1.165) is 0 Å². The summed E-state index contributed by atoms with van der Waals surface area (Å²) in [6.07, 6.45) is 2.63. The van der Waals surface area contributed by atoms with Crippen LogP contribution in [-0.2, 0) is 16.1 Å². The normalized spacial score (nSPS) is 9.88. The van der Waals surface area contributed by atoms with Gasteiger partial charge in [-0.3, -0.25) is 4.57 Å². The Hall–Kier alpha value is -1.62. The van der Waals surface area contributed by atoms with Gasteiger partial charge in [0.15, 0.2) is 0 Å². The highest BCUT2D eigenvalue weighted by molar-refractivity contribution is 6.30. The topological polar surface area (TPSA) is 61.2 Å². The highest BCUT2D eigenvalue weighted by Crippen LogP contribution is 2.04. The minimum Gasteiger partial charge on any atom is -0.463 e. The maximum atomic E-state index is 11.3. The molecule has 0 N–H and O–H groups in total. The monoisotopic (exact) mass is 242 g/mol. The van der Waals surface area contributed by atoms with Crippen molar-refractivity contribution in [3.63, 3.8) is 0 Å². The van der Waals surface area contributed by atoms with Crippen molar-refractivity contribution in [2.75, 3.05) is 6.61 Å². The van der Waals surface area contributed by atoms with Crippen LogP contribution in [0, 0.1) is 0 Å². The van der Waals surface area contributed by atoms with Crippen LogP contribution < -0.4 is 5.69 Å². The summed E-state index contributed by atoms with van der Waals surface area (Å²) in [5.74, 6) is -0.533. The SMILES string of the molecule is C=C(Cn1cc(Cl)cnc1=O)C(=O)OCC. The number of carbonyl (C=O) groups is 1. The molecule has 6 heteroatoms. The number of aromatic nitrogens is 2. The molecule has 0 saturated heterocycles. The largest absolute Gasteiger partial charge is 0.463 e. The number of hydrogen-bond acceptors (Lipinski definition) is 4. The average molecular weight is 243 g/mol. The van der Waals surface area contributed by atoms with Gasteiger partial charge in [0, 0.05) is 11.8 Å². The molecule has 0 radical (unpaired) electrons. The van der Waals surface area contributed by atoms with Crippen molar-refractivity contribution in [2.45, 2.75) is 13.5 Å². The van der Waals surface area contributed by atoms with Gasteiger partial charge < -0.3 is 4.74 Å². The van der Waals surface area contributed by atoms with E-state index in [0.29, 0.717) is 5.02 Å². The van der Waals surface area contributed by atoms with E-state index >= 15 is 0 Å². The first-order chi connectivity index (χ1) is 7.54. The molecule has 0 unspecified atom stereocenters. The molecule has 1 heterocycles. The third-order valence-corrected chi connectivity index (χ3v) is 1.94. The lowest BCUT2D eigenvalue weighted by Crippen LogP contribution is -2.24. The van der Waals surface area contributed by atoms with Crippen molar-refractivity contribution in [3.8, 4) is 0 Å². The van der Waals surface area contributed by atoms with Crippen LogP contribution in [0.2, 0.25) is 5.02 Å². The van der Waals surface area contributed by atoms with Gasteiger partial charge >= 0.3 is 11.7 Å². The van der Waals surface area contributed by atoms with E-state index in [9.17, 15) is 9.59 Å². The van der Waals surface area contributed by atoms with Crippen molar-refractivity contribution in [1.29, 1.82) is 0 Å². The van der Waals surface area contributed by atoms with Crippen LogP contribution in [0.1, 0.15) is 6.92 Å². The van der Waals surface area contributed by atoms with E-state index in [-0.39, 0.29) is 18.7 Å². The first kappa shape index (κ1) is 12.4. The number of halogens is 1. The number of rotatable bonds is 4. The van der Waals surface area contributed by atoms with Crippen LogP contribution in [0.4, 0.5) is 0 Å². The van der Waals surface area contributed by atoms with Gasteiger partial charge in [-0.05, 0) is 6.92 Å². The Morgan fingerprint density at radius 2 is 2.38 bits per heavy atom. The van der Waals surface area contributed by atoms with Gasteiger partial charge in [-0.1, -0.05) is 18.2 Å². The van der Waals surface area contributed by atoms with E-state index < -0.39 is 11.7 Å². The van der Waals surface area contributed by atoms with Crippen molar-refractivity contribution in [3.05, 3.63) is 40.1 Å². The molecule has 0 saturated carbocycles. The van der Waals surface area contributed by atoms with E-state index in [4.69, 9.17) is 16.3 Å². The van der Waals surface area contributed by atoms with E-state index in [2.05, 4.69) is 11.6 Å². The third-order valence-electron chi connectivity index (χ3n) is 1.75. The molecule has 0 spiro atoms. The number of carbonyl (C=O) groups excluding carboxylic acids is 1. The lowest BCUT2D eigenvalue weighted by atomic mass is 10.3. The third kappa shape index (κ3) is 3.20. The molecule has 5 nitrogen and oxygen atoms in total. The maximum Gasteiger partial charge on any atom is 0.347 e. The molecule has 0 aliphatic rings. The van der Waals surface area contributed by atoms with Gasteiger partial charge in [0.1, 0.15) is 0 Å². The predicted octanol–water partition coefficient (Wildman–Crippen LogP) is 1.02. The first-order valence-corrected chi connectivity index (χ1v) is 4.99. The molecular weight excluding hydrogens is 232 g/mol. The van der Waals surface area contributed by atoms with Gasteiger partial charge in [0.05, 0.1) is 24.4 Å². The number of esters is 1. The predicted molar refractivity (Wildman–Crippen MR) is 59.3 cm³/mol. The Bertz CT molecular complexity index is 467. The molecule has 1 aromatic rings. The highest BCUT2D eigenvalue weighted by atomic mass is 35.5. The molecule has 0 bridgehead atoms. The summed E-state index contributed by atoms with van der Waals surface area (Å²) in [7, 11) is 0. The minimum absolute atomic E-state index is 0.0191. The molecule has 1 rings (SSSR count). The molecule has 0 fully saturated rings. The number of hydrogen-bond donors (Lipinski definition) is 0. The summed E-state index contributed by atoms with van der Waals surface area (Å²) in [6, 6.07) is 0. The van der Waals surface area contributed by atoms with Crippen molar-refractivity contribution in [1.82, 2.24) is 9.55 Å². The summed E-state index contributed by atoms with van der Waals surface area (Å²) in [5.41, 5.74) is -0.317. The fraction of sp³-hybridized carbons (Fsp3) is 0.300. The Kier molecular flexibility index (Phi) is 4.25. The van der Waals surface area contributed by atoms with Crippen LogP contribution in [0.25, 0.3) is 0 Å². The van der Waals surface area contributed by atoms with E-state index in [1.165, 1.54) is 17.0 Å². The second-order valence-electron chi connectivity index (χ2n) is 3.01. The van der Waals surface area contributed by atoms with Gasteiger partial charge in [-0.15, -0.1) is 0 Å². The standard InChI is InChI=1S/C10H11ClN2O3/c1-3-16-9(14)7(2)5-13-6-8(11)4-12-10(13)15/h4,6H,2-3,5H2,1H3. The van der Waals surface area contributed by atoms with E-state index in [1.807, 2.05) is 0 Å². The van der Waals surface area contributed by atoms with Gasteiger partial charge in [-0.25, -0.2) is 14.6 Å². The Labute approximate surface area is 97.3 Å². The van der Waals surface area contributed by atoms with Crippen LogP contribution in [0.5, 0.6) is 0 Å². The van der Waals surface area contributed by atoms with Crippen LogP contribution in [0.15, 0.2) is 29.3 Å². The van der Waals surface area contributed by atoms with Crippen LogP contribution in [-0.4, -0.2) is 22.1 Å². The Morgan fingerprint density at radius 3 is 3.00 bits per heavy atom. The Balaban J connectivity index is 2.81. The van der Waals surface area contributed by atoms with Crippen molar-refractivity contribution < 1.29 is 9.53 Å². The van der Waals surface area contributed by atoms with Crippen LogP contribution in [0.3, 0.4) is 0 Å². The maximum absolute atomic E-state index is 11.3. The molecule has 0 aromatic carbocycles. The average Bonchev–Trinajstić information content (AvgIpc) is 2.23. The molecule has 0 aliphatic heterocycles. The highest BCUT2D eigenvalue weighted by Gasteiger charge is 2.09. The summed E-state index contributed by atoms with van der Waals surface area (Å²) >= 11 is 5.67. The molecular formula is C10H11ClN2O3. The van der Waals surface area contributed by atoms with Gasteiger partial charge in [-0.2, -0.15) is 0 Å². The van der Waals surface area contributed by atoms with E-state index in [1.54, 1.807) is 6.92 Å². The second kappa shape index (κ2) is 5.46. The molecule has 0 amide bonds. The zero-order valence-corrected chi connectivity index (χ0v) is 9.53. The van der Waals surface area contributed by atoms with Gasteiger partial charge in [0.2, 0.25) is 0 Å². The summed E-state index contributed by atoms with van der Waals surface area (Å²) in [5, 5.41) is 0.316. The molecule has 0 atom stereocenters. The Morgan fingerprint density at radius 1 is 1.69 bits per heavy atom. The zero-order chi connectivity index (χ0) is 12.1. The summed E-state index contributed by atoms with van der Waals surface area (Å²) in [6.45, 7) is 5.51. The van der Waals surface area contributed by atoms with Crippen molar-refractivity contribution in [2.24, 2.45) is 0 Å². The first-order valence-electron chi connectivity index (χ1n) is 4.61.